The van der Waals surface area contributed by atoms with Gasteiger partial charge in [0.15, 0.2) is 5.78 Å². The van der Waals surface area contributed by atoms with Crippen LogP contribution >= 0.6 is 0 Å². The third-order valence-electron chi connectivity index (χ3n) is 6.00. The van der Waals surface area contributed by atoms with E-state index in [1.54, 1.807) is 23.4 Å². The van der Waals surface area contributed by atoms with E-state index in [9.17, 15) is 14.4 Å². The highest BCUT2D eigenvalue weighted by Gasteiger charge is 2.64. The zero-order valence-corrected chi connectivity index (χ0v) is 15.6. The summed E-state index contributed by atoms with van der Waals surface area (Å²) in [5.41, 5.74) is 3.45. The fourth-order valence-corrected chi connectivity index (χ4v) is 4.77. The fourth-order valence-electron chi connectivity index (χ4n) is 4.77. The Morgan fingerprint density at radius 2 is 1.64 bits per heavy atom. The van der Waals surface area contributed by atoms with Crippen molar-refractivity contribution in [3.63, 3.8) is 0 Å². The van der Waals surface area contributed by atoms with Crippen LogP contribution in [0.25, 0.3) is 0 Å². The molecule has 0 bridgehead atoms. The third-order valence-corrected chi connectivity index (χ3v) is 6.00. The van der Waals surface area contributed by atoms with Gasteiger partial charge in [-0.15, -0.1) is 0 Å². The van der Waals surface area contributed by atoms with Gasteiger partial charge in [-0.3, -0.25) is 19.4 Å². The highest BCUT2D eigenvalue weighted by molar-refractivity contribution is 6.24. The van der Waals surface area contributed by atoms with Crippen molar-refractivity contribution in [2.45, 2.75) is 25.9 Å². The number of rotatable bonds is 2. The summed E-state index contributed by atoms with van der Waals surface area (Å²) < 4.78 is 0. The van der Waals surface area contributed by atoms with Gasteiger partial charge in [-0.1, -0.05) is 42.0 Å². The number of hydrazone groups is 1. The van der Waals surface area contributed by atoms with E-state index < -0.39 is 23.9 Å². The average Bonchev–Trinajstić information content (AvgIpc) is 3.16. The first kappa shape index (κ1) is 16.9. The minimum Gasteiger partial charge on any atom is -0.298 e. The van der Waals surface area contributed by atoms with Crippen molar-refractivity contribution >= 4 is 29.5 Å². The second-order valence-electron chi connectivity index (χ2n) is 7.65. The van der Waals surface area contributed by atoms with Crippen molar-refractivity contribution < 1.29 is 14.4 Å². The summed E-state index contributed by atoms with van der Waals surface area (Å²) in [6.45, 7) is 3.42. The molecule has 2 amide bonds. The summed E-state index contributed by atoms with van der Waals surface area (Å²) in [7, 11) is 0. The van der Waals surface area contributed by atoms with E-state index in [-0.39, 0.29) is 17.6 Å². The predicted molar refractivity (Wildman–Crippen MR) is 104 cm³/mol. The zero-order chi connectivity index (χ0) is 19.6. The van der Waals surface area contributed by atoms with Crippen molar-refractivity contribution in [1.29, 1.82) is 0 Å². The summed E-state index contributed by atoms with van der Waals surface area (Å²) in [5, 5.41) is 6.13. The van der Waals surface area contributed by atoms with Gasteiger partial charge in [-0.2, -0.15) is 5.10 Å². The number of Topliss-reactive ketones (excluding diaryl/α,β-unsaturated/α-hetero) is 1. The number of carbonyl (C=O) groups is 3. The lowest BCUT2D eigenvalue weighted by molar-refractivity contribution is -0.129. The monoisotopic (exact) mass is 373 g/mol. The van der Waals surface area contributed by atoms with Crippen LogP contribution in [-0.2, 0) is 14.4 Å². The number of carbonyl (C=O) groups excluding carboxylic acids is 3. The largest absolute Gasteiger partial charge is 0.298 e. The lowest BCUT2D eigenvalue weighted by Crippen LogP contribution is -2.43. The number of anilines is 1. The van der Waals surface area contributed by atoms with Gasteiger partial charge in [0.2, 0.25) is 11.8 Å². The normalized spacial score (nSPS) is 27.6. The number of aryl methyl sites for hydroxylation is 1. The molecule has 0 spiro atoms. The van der Waals surface area contributed by atoms with Crippen molar-refractivity contribution in [1.82, 2.24) is 5.01 Å². The first-order chi connectivity index (χ1) is 13.5. The molecule has 0 N–H and O–H groups in total. The summed E-state index contributed by atoms with van der Waals surface area (Å²) in [4.78, 5) is 40.5. The van der Waals surface area contributed by atoms with Crippen LogP contribution in [0.3, 0.4) is 0 Å². The number of ketones is 1. The molecule has 2 fully saturated rings. The van der Waals surface area contributed by atoms with Crippen LogP contribution in [0.2, 0.25) is 0 Å². The Bertz CT molecular complexity index is 1040. The Morgan fingerprint density at radius 3 is 2.36 bits per heavy atom. The van der Waals surface area contributed by atoms with Crippen molar-refractivity contribution in [3.05, 3.63) is 65.2 Å². The Morgan fingerprint density at radius 1 is 0.964 bits per heavy atom. The topological polar surface area (TPSA) is 70.0 Å². The average molecular weight is 373 g/mol. The van der Waals surface area contributed by atoms with Gasteiger partial charge in [-0.25, -0.2) is 4.90 Å². The molecule has 6 heteroatoms. The molecule has 2 saturated heterocycles. The highest BCUT2D eigenvalue weighted by atomic mass is 16.2. The molecule has 3 aliphatic heterocycles. The summed E-state index contributed by atoms with van der Waals surface area (Å²) in [6.07, 6.45) is 1.70. The lowest BCUT2D eigenvalue weighted by atomic mass is 9.84. The molecule has 0 saturated carbocycles. The van der Waals surface area contributed by atoms with Crippen LogP contribution in [0.1, 0.15) is 29.7 Å². The van der Waals surface area contributed by atoms with Crippen LogP contribution in [0, 0.1) is 18.8 Å². The Kier molecular flexibility index (Phi) is 3.53. The minimum absolute atomic E-state index is 0.152. The summed E-state index contributed by atoms with van der Waals surface area (Å²) >= 11 is 0. The molecule has 28 heavy (non-hydrogen) atoms. The molecule has 140 valence electrons. The van der Waals surface area contributed by atoms with Gasteiger partial charge in [0.05, 0.1) is 29.8 Å². The molecule has 6 nitrogen and oxygen atoms in total. The number of fused-ring (bicyclic) bond motifs is 5. The zero-order valence-electron chi connectivity index (χ0n) is 15.6. The molecule has 2 aromatic rings. The van der Waals surface area contributed by atoms with Crippen LogP contribution in [0.4, 0.5) is 5.69 Å². The lowest BCUT2D eigenvalue weighted by Gasteiger charge is -2.33. The maximum atomic E-state index is 13.4. The molecule has 5 rings (SSSR count). The quantitative estimate of drug-likeness (QED) is 0.759. The summed E-state index contributed by atoms with van der Waals surface area (Å²) in [5.74, 6) is -2.08. The molecule has 3 aliphatic rings. The SMILES string of the molecule is CC(=O)[C@@H]1[C@@H]2C(=O)N(c3ccc(C)cc3)C(=O)[C@@H]2C2c3ccccc3C=NN21. The van der Waals surface area contributed by atoms with Crippen LogP contribution < -0.4 is 4.90 Å². The van der Waals surface area contributed by atoms with E-state index in [1.165, 1.54) is 11.8 Å². The molecular formula is C22H19N3O3. The molecule has 2 aromatic carbocycles. The Labute approximate surface area is 162 Å². The van der Waals surface area contributed by atoms with Gasteiger partial charge in [0.1, 0.15) is 6.04 Å². The van der Waals surface area contributed by atoms with E-state index in [1.807, 2.05) is 43.3 Å². The Hall–Kier alpha value is -3.28. The van der Waals surface area contributed by atoms with Crippen LogP contribution in [0.15, 0.2) is 53.6 Å². The number of benzene rings is 2. The van der Waals surface area contributed by atoms with Gasteiger partial charge < -0.3 is 0 Å². The number of nitrogens with zero attached hydrogens (tertiary/aromatic N) is 3. The highest BCUT2D eigenvalue weighted by Crippen LogP contribution is 2.52. The number of hydrogen-bond donors (Lipinski definition) is 0. The van der Waals surface area contributed by atoms with Crippen LogP contribution in [-0.4, -0.2) is 34.9 Å². The summed E-state index contributed by atoms with van der Waals surface area (Å²) in [6, 6.07) is 13.9. The fraction of sp³-hybridized carbons (Fsp3) is 0.273. The molecule has 3 heterocycles. The number of hydrogen-bond acceptors (Lipinski definition) is 5. The molecule has 0 radical (unpaired) electrons. The van der Waals surface area contributed by atoms with Gasteiger partial charge in [0, 0.05) is 0 Å². The smallest absolute Gasteiger partial charge is 0.240 e. The van der Waals surface area contributed by atoms with E-state index >= 15 is 0 Å². The molecule has 0 aromatic heterocycles. The molecule has 4 atom stereocenters. The van der Waals surface area contributed by atoms with E-state index in [4.69, 9.17) is 0 Å². The van der Waals surface area contributed by atoms with E-state index in [0.29, 0.717) is 5.69 Å². The minimum atomic E-state index is -0.730. The third kappa shape index (κ3) is 2.14. The van der Waals surface area contributed by atoms with E-state index in [2.05, 4.69) is 5.10 Å². The standard InChI is InChI=1S/C22H19N3O3/c1-12-7-9-15(10-8-12)24-21(27)17-18(22(24)28)20-16-6-4-3-5-14(16)11-23-25(20)19(17)13(2)26/h3-11,17-20H,1-2H3/t17-,18+,19-,20?/m1/s1. The Balaban J connectivity index is 1.65. The first-order valence-corrected chi connectivity index (χ1v) is 9.35. The molecule has 1 unspecified atom stereocenters. The number of amides is 2. The van der Waals surface area contributed by atoms with E-state index in [0.717, 1.165) is 16.7 Å². The second-order valence-corrected chi connectivity index (χ2v) is 7.65. The molecule has 0 aliphatic carbocycles. The maximum absolute atomic E-state index is 13.4. The number of imide groups is 1. The molecular weight excluding hydrogens is 354 g/mol. The predicted octanol–water partition coefficient (Wildman–Crippen LogP) is 2.46. The van der Waals surface area contributed by atoms with Crippen molar-refractivity contribution in [2.24, 2.45) is 16.9 Å². The van der Waals surface area contributed by atoms with Crippen LogP contribution in [0.5, 0.6) is 0 Å². The van der Waals surface area contributed by atoms with Gasteiger partial charge in [-0.05, 0) is 37.1 Å². The van der Waals surface area contributed by atoms with Gasteiger partial charge >= 0.3 is 0 Å². The second kappa shape index (κ2) is 5.86. The van der Waals surface area contributed by atoms with Gasteiger partial charge in [0.25, 0.3) is 0 Å². The van der Waals surface area contributed by atoms with Crippen molar-refractivity contribution in [3.8, 4) is 0 Å². The van der Waals surface area contributed by atoms with Crippen molar-refractivity contribution in [2.75, 3.05) is 4.90 Å². The first-order valence-electron chi connectivity index (χ1n) is 9.35. The maximum Gasteiger partial charge on any atom is 0.240 e.